The molecule has 41 heavy (non-hydrogen) atoms. The summed E-state index contributed by atoms with van der Waals surface area (Å²) in [6.07, 6.45) is -8.35. The number of carboxylic acids is 1. The molecule has 2 heterocycles. The molecule has 0 bridgehead atoms. The molecule has 11 heteroatoms. The van der Waals surface area contributed by atoms with Crippen LogP contribution in [0.1, 0.15) is 65.0 Å². The van der Waals surface area contributed by atoms with Crippen LogP contribution in [0.25, 0.3) is 10.9 Å². The van der Waals surface area contributed by atoms with Crippen LogP contribution in [-0.4, -0.2) is 39.8 Å². The van der Waals surface area contributed by atoms with Crippen molar-refractivity contribution in [3.05, 3.63) is 80.1 Å². The van der Waals surface area contributed by atoms with Crippen molar-refractivity contribution in [3.63, 3.8) is 0 Å². The zero-order valence-corrected chi connectivity index (χ0v) is 22.4. The fourth-order valence-electron chi connectivity index (χ4n) is 6.53. The molecule has 5 nitrogen and oxygen atoms in total. The van der Waals surface area contributed by atoms with Crippen LogP contribution in [0.15, 0.2) is 41.2 Å². The van der Waals surface area contributed by atoms with Crippen molar-refractivity contribution in [2.24, 2.45) is 13.0 Å². The smallest absolute Gasteiger partial charge is 0.417 e. The first-order chi connectivity index (χ1) is 19.3. The first-order valence-electron chi connectivity index (χ1n) is 13.6. The summed E-state index contributed by atoms with van der Waals surface area (Å²) in [6, 6.07) is 9.68. The molecule has 0 radical (unpaired) electrons. The summed E-state index contributed by atoms with van der Waals surface area (Å²) in [7, 11) is 1.44. The molecule has 1 saturated heterocycles. The Labute approximate surface area is 232 Å². The number of pyridine rings is 1. The van der Waals surface area contributed by atoms with E-state index in [1.54, 1.807) is 24.3 Å². The van der Waals surface area contributed by atoms with Crippen molar-refractivity contribution in [2.45, 2.75) is 63.3 Å². The van der Waals surface area contributed by atoms with Crippen molar-refractivity contribution in [1.82, 2.24) is 9.47 Å². The van der Waals surface area contributed by atoms with Gasteiger partial charge in [-0.15, -0.1) is 0 Å². The van der Waals surface area contributed by atoms with Gasteiger partial charge in [-0.05, 0) is 79.6 Å². The van der Waals surface area contributed by atoms with Gasteiger partial charge < -0.3 is 9.67 Å². The predicted molar refractivity (Wildman–Crippen MR) is 141 cm³/mol. The molecule has 0 spiro atoms. The third-order valence-electron chi connectivity index (χ3n) is 8.56. The third-order valence-corrected chi connectivity index (χ3v) is 8.56. The number of alkyl halides is 6. The van der Waals surface area contributed by atoms with Crippen molar-refractivity contribution in [3.8, 4) is 0 Å². The molecular formula is C30H30F6N2O3. The van der Waals surface area contributed by atoms with Gasteiger partial charge in [-0.25, -0.2) is 0 Å². The average Bonchev–Trinajstić information content (AvgIpc) is 3.33. The molecule has 2 aromatic carbocycles. The third kappa shape index (κ3) is 5.73. The predicted octanol–water partition coefficient (Wildman–Crippen LogP) is 6.43. The number of aromatic nitrogens is 1. The van der Waals surface area contributed by atoms with Crippen LogP contribution in [0.4, 0.5) is 26.3 Å². The molecular weight excluding hydrogens is 550 g/mol. The highest BCUT2D eigenvalue weighted by atomic mass is 19.4. The first-order valence-corrected chi connectivity index (χ1v) is 13.6. The molecule has 1 atom stereocenters. The number of aryl methyl sites for hydroxylation is 2. The lowest BCUT2D eigenvalue weighted by Gasteiger charge is -2.33. The Morgan fingerprint density at radius 1 is 1.02 bits per heavy atom. The van der Waals surface area contributed by atoms with E-state index in [1.807, 2.05) is 4.90 Å². The van der Waals surface area contributed by atoms with Crippen LogP contribution in [0, 0.1) is 5.92 Å². The van der Waals surface area contributed by atoms with Crippen LogP contribution in [0.2, 0.25) is 0 Å². The summed E-state index contributed by atoms with van der Waals surface area (Å²) in [6.45, 7) is 0.584. The molecule has 2 aliphatic rings. The van der Waals surface area contributed by atoms with Crippen LogP contribution in [-0.2, 0) is 37.4 Å². The number of piperidine rings is 1. The van der Waals surface area contributed by atoms with Gasteiger partial charge >= 0.3 is 18.3 Å². The van der Waals surface area contributed by atoms with E-state index in [0.29, 0.717) is 17.5 Å². The topological polar surface area (TPSA) is 62.5 Å². The number of carbonyl (C=O) groups is 1. The van der Waals surface area contributed by atoms with Gasteiger partial charge in [0.05, 0.1) is 17.0 Å². The Balaban J connectivity index is 1.56. The van der Waals surface area contributed by atoms with Gasteiger partial charge in [-0.2, -0.15) is 26.3 Å². The molecule has 1 aromatic heterocycles. The maximum absolute atomic E-state index is 14.8. The Hall–Kier alpha value is -3.34. The number of hydrogen-bond donors (Lipinski definition) is 1. The van der Waals surface area contributed by atoms with Gasteiger partial charge in [0.25, 0.3) is 5.56 Å². The SMILES string of the molecule is Cn1c(=O)c(C2CCc3c(CCC(=O)O)cccc32)c(C(F)(F)F)c2cc(CN3CCC(C(F)(F)F)CC3)ccc21. The molecule has 220 valence electrons. The van der Waals surface area contributed by atoms with Crippen molar-refractivity contribution in [1.29, 1.82) is 0 Å². The van der Waals surface area contributed by atoms with Crippen molar-refractivity contribution >= 4 is 16.9 Å². The maximum Gasteiger partial charge on any atom is 0.417 e. The van der Waals surface area contributed by atoms with Crippen LogP contribution in [0.5, 0.6) is 0 Å². The number of carboxylic acid groups (broad SMARTS) is 1. The Kier molecular flexibility index (Phi) is 7.69. The Bertz CT molecular complexity index is 1530. The fourth-order valence-corrected chi connectivity index (χ4v) is 6.53. The summed E-state index contributed by atoms with van der Waals surface area (Å²) in [5, 5.41) is 8.98. The minimum atomic E-state index is -4.84. The molecule has 1 unspecified atom stereocenters. The number of likely N-dealkylation sites (tertiary alicyclic amines) is 1. The molecule has 1 N–H and O–H groups in total. The van der Waals surface area contributed by atoms with Gasteiger partial charge in [0.15, 0.2) is 0 Å². The normalized spacial score (nSPS) is 18.7. The van der Waals surface area contributed by atoms with E-state index in [0.717, 1.165) is 11.1 Å². The van der Waals surface area contributed by atoms with Gasteiger partial charge in [-0.3, -0.25) is 14.5 Å². The van der Waals surface area contributed by atoms with Crippen LogP contribution >= 0.6 is 0 Å². The van der Waals surface area contributed by atoms with Crippen molar-refractivity contribution in [2.75, 3.05) is 13.1 Å². The highest BCUT2D eigenvalue weighted by molar-refractivity contribution is 5.85. The summed E-state index contributed by atoms with van der Waals surface area (Å²) < 4.78 is 84.9. The summed E-state index contributed by atoms with van der Waals surface area (Å²) >= 11 is 0. The number of aliphatic carboxylic acids is 1. The summed E-state index contributed by atoms with van der Waals surface area (Å²) in [5.41, 5.74) is 0.769. The Morgan fingerprint density at radius 2 is 1.73 bits per heavy atom. The zero-order valence-electron chi connectivity index (χ0n) is 22.4. The lowest BCUT2D eigenvalue weighted by Crippen LogP contribution is -2.38. The molecule has 1 aliphatic carbocycles. The monoisotopic (exact) mass is 580 g/mol. The zero-order chi connectivity index (χ0) is 29.7. The van der Waals surface area contributed by atoms with E-state index in [-0.39, 0.29) is 68.2 Å². The van der Waals surface area contributed by atoms with E-state index >= 15 is 0 Å². The number of halogens is 6. The van der Waals surface area contributed by atoms with Gasteiger partial charge in [0, 0.05) is 36.9 Å². The minimum Gasteiger partial charge on any atom is -0.481 e. The number of fused-ring (bicyclic) bond motifs is 2. The molecule has 1 fully saturated rings. The van der Waals surface area contributed by atoms with Gasteiger partial charge in [-0.1, -0.05) is 24.3 Å². The highest BCUT2D eigenvalue weighted by Crippen LogP contribution is 2.45. The molecule has 5 rings (SSSR count). The van der Waals surface area contributed by atoms with Crippen LogP contribution in [0.3, 0.4) is 0 Å². The van der Waals surface area contributed by atoms with Gasteiger partial charge in [0.1, 0.15) is 0 Å². The standard InChI is InChI=1S/C30H30F6N2O3/c1-37-24-9-5-17(16-38-13-11-19(12-14-38)29(31,32)33)15-23(24)27(30(34,35)36)26(28(37)41)22-8-7-20-18(6-10-25(39)40)3-2-4-21(20)22/h2-5,9,15,19,22H,6-8,10-14,16H2,1H3,(H,39,40). The number of hydrogen-bond acceptors (Lipinski definition) is 3. The first kappa shape index (κ1) is 29.2. The van der Waals surface area contributed by atoms with E-state index in [9.17, 15) is 35.9 Å². The second kappa shape index (κ2) is 10.8. The fraction of sp³-hybridized carbons (Fsp3) is 0.467. The second-order valence-corrected chi connectivity index (χ2v) is 11.1. The number of nitrogens with zero attached hydrogens (tertiary/aromatic N) is 2. The lowest BCUT2D eigenvalue weighted by atomic mass is 9.87. The largest absolute Gasteiger partial charge is 0.481 e. The van der Waals surface area contributed by atoms with E-state index in [2.05, 4.69) is 0 Å². The average molecular weight is 581 g/mol. The minimum absolute atomic E-state index is 0.0565. The summed E-state index contributed by atoms with van der Waals surface area (Å²) in [4.78, 5) is 26.5. The maximum atomic E-state index is 14.8. The second-order valence-electron chi connectivity index (χ2n) is 11.1. The number of benzene rings is 2. The highest BCUT2D eigenvalue weighted by Gasteiger charge is 2.43. The molecule has 0 saturated carbocycles. The lowest BCUT2D eigenvalue weighted by molar-refractivity contribution is -0.185. The van der Waals surface area contributed by atoms with E-state index < -0.39 is 41.3 Å². The van der Waals surface area contributed by atoms with E-state index in [1.165, 1.54) is 23.7 Å². The van der Waals surface area contributed by atoms with E-state index in [4.69, 9.17) is 5.11 Å². The summed E-state index contributed by atoms with van der Waals surface area (Å²) in [5.74, 6) is -3.15. The van der Waals surface area contributed by atoms with Gasteiger partial charge in [0.2, 0.25) is 0 Å². The molecule has 1 aliphatic heterocycles. The van der Waals surface area contributed by atoms with Crippen LogP contribution < -0.4 is 5.56 Å². The Morgan fingerprint density at radius 3 is 2.37 bits per heavy atom. The molecule has 3 aromatic rings. The quantitative estimate of drug-likeness (QED) is 0.342. The number of rotatable bonds is 6. The molecule has 0 amide bonds. The van der Waals surface area contributed by atoms with Crippen molar-refractivity contribution < 1.29 is 36.2 Å².